The fourth-order valence-corrected chi connectivity index (χ4v) is 3.55. The maximum Gasteiger partial charge on any atom is 0.410 e. The van der Waals surface area contributed by atoms with Gasteiger partial charge in [-0.2, -0.15) is 0 Å². The molecule has 148 valence electrons. The van der Waals surface area contributed by atoms with Gasteiger partial charge in [-0.05, 0) is 32.8 Å². The lowest BCUT2D eigenvalue weighted by Crippen LogP contribution is -2.63. The van der Waals surface area contributed by atoms with E-state index in [1.165, 1.54) is 0 Å². The Kier molecular flexibility index (Phi) is 5.60. The van der Waals surface area contributed by atoms with Crippen molar-refractivity contribution in [3.63, 3.8) is 0 Å². The highest BCUT2D eigenvalue weighted by atomic mass is 16.6. The number of hydrogen-bond donors (Lipinski definition) is 1. The summed E-state index contributed by atoms with van der Waals surface area (Å²) in [7, 11) is 0. The van der Waals surface area contributed by atoms with Crippen molar-refractivity contribution in [3.8, 4) is 0 Å². The van der Waals surface area contributed by atoms with Gasteiger partial charge in [0.05, 0.1) is 5.54 Å². The Morgan fingerprint density at radius 1 is 1.07 bits per heavy atom. The molecule has 1 N–H and O–H groups in total. The Bertz CT molecular complexity index is 674. The first-order valence-corrected chi connectivity index (χ1v) is 9.45. The molecule has 7 nitrogen and oxygen atoms in total. The van der Waals surface area contributed by atoms with Crippen LogP contribution >= 0.6 is 0 Å². The number of carbonyl (C=O) groups excluding carboxylic acids is 2. The number of rotatable bonds is 2. The molecular weight excluding hydrogens is 346 g/mol. The lowest BCUT2D eigenvalue weighted by atomic mass is 9.96. The average molecular weight is 375 g/mol. The summed E-state index contributed by atoms with van der Waals surface area (Å²) in [4.78, 5) is 28.3. The lowest BCUT2D eigenvalue weighted by molar-refractivity contribution is 0.0263. The minimum absolute atomic E-state index is 0.265. The Hall–Kier alpha value is -2.28. The molecule has 3 rings (SSSR count). The van der Waals surface area contributed by atoms with Crippen LogP contribution in [0.1, 0.15) is 32.8 Å². The second-order valence-corrected chi connectivity index (χ2v) is 8.32. The standard InChI is InChI=1S/C20H29N3O4/c1-19(2,3)27-18(25)22-11-9-20(14-22)15-23(12-10-21-20)17(24)26-13-16-7-5-4-6-8-16/h4-8,21H,9-15H2,1-3H3/t20-/m0/s1. The quantitative estimate of drug-likeness (QED) is 0.860. The van der Waals surface area contributed by atoms with E-state index in [1.807, 2.05) is 51.1 Å². The van der Waals surface area contributed by atoms with Crippen molar-refractivity contribution in [3.05, 3.63) is 35.9 Å². The van der Waals surface area contributed by atoms with Gasteiger partial charge in [0.15, 0.2) is 0 Å². The van der Waals surface area contributed by atoms with Gasteiger partial charge in [-0.1, -0.05) is 30.3 Å². The van der Waals surface area contributed by atoms with E-state index in [0.29, 0.717) is 32.7 Å². The molecule has 1 aromatic rings. The molecular formula is C20H29N3O4. The first kappa shape index (κ1) is 19.5. The third-order valence-electron chi connectivity index (χ3n) is 4.84. The van der Waals surface area contributed by atoms with Gasteiger partial charge in [0.25, 0.3) is 0 Å². The molecule has 1 aromatic carbocycles. The van der Waals surface area contributed by atoms with Gasteiger partial charge in [-0.15, -0.1) is 0 Å². The van der Waals surface area contributed by atoms with E-state index in [2.05, 4.69) is 5.32 Å². The van der Waals surface area contributed by atoms with E-state index in [-0.39, 0.29) is 24.3 Å². The van der Waals surface area contributed by atoms with Crippen LogP contribution < -0.4 is 5.32 Å². The first-order chi connectivity index (χ1) is 12.8. The largest absolute Gasteiger partial charge is 0.445 e. The minimum atomic E-state index is -0.514. The van der Waals surface area contributed by atoms with Crippen LogP contribution in [0.5, 0.6) is 0 Å². The average Bonchev–Trinajstić information content (AvgIpc) is 3.02. The van der Waals surface area contributed by atoms with Crippen molar-refractivity contribution < 1.29 is 19.1 Å². The number of ether oxygens (including phenoxy) is 2. The Balaban J connectivity index is 1.54. The molecule has 27 heavy (non-hydrogen) atoms. The zero-order valence-corrected chi connectivity index (χ0v) is 16.4. The van der Waals surface area contributed by atoms with E-state index in [4.69, 9.17) is 9.47 Å². The third kappa shape index (κ3) is 5.13. The van der Waals surface area contributed by atoms with Crippen LogP contribution in [0, 0.1) is 0 Å². The minimum Gasteiger partial charge on any atom is -0.445 e. The predicted molar refractivity (Wildman–Crippen MR) is 101 cm³/mol. The van der Waals surface area contributed by atoms with Crippen LogP contribution in [0.4, 0.5) is 9.59 Å². The zero-order chi connectivity index (χ0) is 19.5. The molecule has 2 aliphatic heterocycles. The van der Waals surface area contributed by atoms with Crippen LogP contribution in [-0.4, -0.2) is 65.9 Å². The van der Waals surface area contributed by atoms with Crippen LogP contribution in [-0.2, 0) is 16.1 Å². The van der Waals surface area contributed by atoms with Crippen LogP contribution in [0.2, 0.25) is 0 Å². The second kappa shape index (κ2) is 7.76. The molecule has 1 spiro atoms. The van der Waals surface area contributed by atoms with E-state index in [9.17, 15) is 9.59 Å². The zero-order valence-electron chi connectivity index (χ0n) is 16.4. The summed E-state index contributed by atoms with van der Waals surface area (Å²) >= 11 is 0. The summed E-state index contributed by atoms with van der Waals surface area (Å²) in [5.41, 5.74) is 0.161. The smallest absolute Gasteiger partial charge is 0.410 e. The summed E-state index contributed by atoms with van der Waals surface area (Å²) in [5.74, 6) is 0. The SMILES string of the molecule is CC(C)(C)OC(=O)N1CC[C@@]2(CN(C(=O)OCc3ccccc3)CCN2)C1. The summed E-state index contributed by atoms with van der Waals surface area (Å²) < 4.78 is 10.9. The van der Waals surface area contributed by atoms with Gasteiger partial charge in [0, 0.05) is 32.7 Å². The highest BCUT2D eigenvalue weighted by Gasteiger charge is 2.45. The number of likely N-dealkylation sites (tertiary alicyclic amines) is 1. The van der Waals surface area contributed by atoms with Crippen molar-refractivity contribution in [2.45, 2.75) is 44.9 Å². The normalized spacial score (nSPS) is 22.8. The molecule has 2 fully saturated rings. The topological polar surface area (TPSA) is 71.1 Å². The van der Waals surface area contributed by atoms with E-state index >= 15 is 0 Å². The summed E-state index contributed by atoms with van der Waals surface area (Å²) in [6.45, 7) is 8.81. The number of nitrogens with zero attached hydrogens (tertiary/aromatic N) is 2. The molecule has 1 atom stereocenters. The number of benzene rings is 1. The van der Waals surface area contributed by atoms with Crippen molar-refractivity contribution in [1.29, 1.82) is 0 Å². The molecule has 0 bridgehead atoms. The fourth-order valence-electron chi connectivity index (χ4n) is 3.55. The number of hydrogen-bond acceptors (Lipinski definition) is 5. The molecule has 2 saturated heterocycles. The van der Waals surface area contributed by atoms with Gasteiger partial charge in [-0.25, -0.2) is 9.59 Å². The Morgan fingerprint density at radius 3 is 2.41 bits per heavy atom. The fraction of sp³-hybridized carbons (Fsp3) is 0.600. The van der Waals surface area contributed by atoms with Crippen molar-refractivity contribution >= 4 is 12.2 Å². The molecule has 0 saturated carbocycles. The Morgan fingerprint density at radius 2 is 1.74 bits per heavy atom. The van der Waals surface area contributed by atoms with Gasteiger partial charge in [0.2, 0.25) is 0 Å². The molecule has 0 aromatic heterocycles. The van der Waals surface area contributed by atoms with Crippen molar-refractivity contribution in [1.82, 2.24) is 15.1 Å². The maximum atomic E-state index is 12.5. The van der Waals surface area contributed by atoms with E-state index < -0.39 is 5.60 Å². The van der Waals surface area contributed by atoms with E-state index in [1.54, 1.807) is 9.80 Å². The highest BCUT2D eigenvalue weighted by molar-refractivity contribution is 5.69. The monoisotopic (exact) mass is 375 g/mol. The number of amides is 2. The maximum absolute atomic E-state index is 12.5. The summed E-state index contributed by atoms with van der Waals surface area (Å²) in [5, 5.41) is 3.50. The third-order valence-corrected chi connectivity index (χ3v) is 4.84. The lowest BCUT2D eigenvalue weighted by Gasteiger charge is -2.40. The predicted octanol–water partition coefficient (Wildman–Crippen LogP) is 2.61. The van der Waals surface area contributed by atoms with Crippen LogP contribution in [0.3, 0.4) is 0 Å². The van der Waals surface area contributed by atoms with Crippen molar-refractivity contribution in [2.75, 3.05) is 32.7 Å². The summed E-state index contributed by atoms with van der Waals surface area (Å²) in [6.07, 6.45) is 0.176. The van der Waals surface area contributed by atoms with Crippen LogP contribution in [0.25, 0.3) is 0 Å². The van der Waals surface area contributed by atoms with Gasteiger partial charge in [-0.3, -0.25) is 0 Å². The molecule has 2 aliphatic rings. The second-order valence-electron chi connectivity index (χ2n) is 8.32. The van der Waals surface area contributed by atoms with Crippen molar-refractivity contribution in [2.24, 2.45) is 0 Å². The van der Waals surface area contributed by atoms with Gasteiger partial charge in [0.1, 0.15) is 12.2 Å². The first-order valence-electron chi connectivity index (χ1n) is 9.45. The molecule has 0 aliphatic carbocycles. The van der Waals surface area contributed by atoms with Gasteiger partial charge < -0.3 is 24.6 Å². The van der Waals surface area contributed by atoms with Gasteiger partial charge >= 0.3 is 12.2 Å². The molecule has 0 unspecified atom stereocenters. The number of nitrogens with one attached hydrogen (secondary N) is 1. The highest BCUT2D eigenvalue weighted by Crippen LogP contribution is 2.26. The van der Waals surface area contributed by atoms with Crippen LogP contribution in [0.15, 0.2) is 30.3 Å². The number of piperazine rings is 1. The van der Waals surface area contributed by atoms with E-state index in [0.717, 1.165) is 12.0 Å². The molecule has 7 heteroatoms. The summed E-state index contributed by atoms with van der Waals surface area (Å²) in [6, 6.07) is 9.64. The molecule has 2 amide bonds. The Labute approximate surface area is 160 Å². The number of carbonyl (C=O) groups is 2. The molecule has 0 radical (unpaired) electrons. The molecule has 2 heterocycles.